The summed E-state index contributed by atoms with van der Waals surface area (Å²) < 4.78 is 13.3. The van der Waals surface area contributed by atoms with Crippen molar-refractivity contribution in [1.29, 1.82) is 0 Å². The highest BCUT2D eigenvalue weighted by atomic mass is 19.1. The summed E-state index contributed by atoms with van der Waals surface area (Å²) in [6, 6.07) is 7.41. The number of hydrogen-bond acceptors (Lipinski definition) is 3. The van der Waals surface area contributed by atoms with Gasteiger partial charge in [-0.05, 0) is 12.1 Å². The van der Waals surface area contributed by atoms with Crippen LogP contribution in [0.3, 0.4) is 0 Å². The predicted octanol–water partition coefficient (Wildman–Crippen LogP) is 1.94. The number of rotatable bonds is 3. The first-order valence-corrected chi connectivity index (χ1v) is 5.31. The van der Waals surface area contributed by atoms with Crippen molar-refractivity contribution in [2.75, 3.05) is 5.32 Å². The molecule has 92 valence electrons. The first-order chi connectivity index (χ1) is 8.75. The molecule has 18 heavy (non-hydrogen) atoms. The molecule has 2 aromatic rings. The van der Waals surface area contributed by atoms with Crippen LogP contribution in [0.1, 0.15) is 5.56 Å². The lowest BCUT2D eigenvalue weighted by atomic mass is 10.2. The van der Waals surface area contributed by atoms with Gasteiger partial charge >= 0.3 is 6.03 Å². The van der Waals surface area contributed by atoms with Gasteiger partial charge in [0.25, 0.3) is 0 Å². The van der Waals surface area contributed by atoms with Crippen LogP contribution in [0.15, 0.2) is 42.7 Å². The Kier molecular flexibility index (Phi) is 3.80. The van der Waals surface area contributed by atoms with Crippen LogP contribution in [0.5, 0.6) is 0 Å². The molecule has 0 saturated carbocycles. The molecule has 0 saturated heterocycles. The monoisotopic (exact) mass is 246 g/mol. The van der Waals surface area contributed by atoms with Gasteiger partial charge in [-0.3, -0.25) is 5.32 Å². The molecular weight excluding hydrogens is 235 g/mol. The smallest absolute Gasteiger partial charge is 0.321 e. The van der Waals surface area contributed by atoms with E-state index in [1.54, 1.807) is 24.3 Å². The first kappa shape index (κ1) is 12.0. The van der Waals surface area contributed by atoms with Gasteiger partial charge in [-0.15, -0.1) is 0 Å². The maximum atomic E-state index is 13.3. The molecule has 0 aliphatic carbocycles. The molecule has 0 unspecified atom stereocenters. The number of benzene rings is 1. The van der Waals surface area contributed by atoms with Gasteiger partial charge in [0.15, 0.2) is 0 Å². The van der Waals surface area contributed by atoms with Gasteiger partial charge in [0.1, 0.15) is 5.82 Å². The second kappa shape index (κ2) is 5.72. The number of aromatic nitrogens is 2. The lowest BCUT2D eigenvalue weighted by Gasteiger charge is -2.06. The molecule has 0 fully saturated rings. The Balaban J connectivity index is 1.88. The third-order valence-corrected chi connectivity index (χ3v) is 2.19. The predicted molar refractivity (Wildman–Crippen MR) is 64.3 cm³/mol. The minimum atomic E-state index is -0.482. The van der Waals surface area contributed by atoms with E-state index in [9.17, 15) is 9.18 Å². The molecule has 0 radical (unpaired) electrons. The Hall–Kier alpha value is -2.50. The van der Waals surface area contributed by atoms with Gasteiger partial charge in [0.2, 0.25) is 5.95 Å². The fraction of sp³-hybridized carbons (Fsp3) is 0.0833. The lowest BCUT2D eigenvalue weighted by molar-refractivity contribution is 0.251. The second-order valence-electron chi connectivity index (χ2n) is 3.47. The van der Waals surface area contributed by atoms with Crippen molar-refractivity contribution in [3.63, 3.8) is 0 Å². The largest absolute Gasteiger partial charge is 0.334 e. The number of anilines is 1. The summed E-state index contributed by atoms with van der Waals surface area (Å²) in [5, 5.41) is 4.96. The molecule has 2 rings (SSSR count). The maximum Gasteiger partial charge on any atom is 0.321 e. The molecule has 0 aliphatic rings. The van der Waals surface area contributed by atoms with Crippen LogP contribution in [0.25, 0.3) is 0 Å². The number of nitrogens with zero attached hydrogens (tertiary/aromatic N) is 2. The normalized spacial score (nSPS) is 9.83. The molecule has 6 heteroatoms. The Labute approximate surface area is 103 Å². The average molecular weight is 246 g/mol. The molecular formula is C12H11FN4O. The zero-order chi connectivity index (χ0) is 12.8. The quantitative estimate of drug-likeness (QED) is 0.869. The molecule has 0 bridgehead atoms. The zero-order valence-electron chi connectivity index (χ0n) is 9.43. The minimum absolute atomic E-state index is 0.103. The van der Waals surface area contributed by atoms with Gasteiger partial charge in [-0.2, -0.15) is 0 Å². The second-order valence-corrected chi connectivity index (χ2v) is 3.47. The van der Waals surface area contributed by atoms with E-state index >= 15 is 0 Å². The molecule has 0 spiro atoms. The van der Waals surface area contributed by atoms with E-state index in [4.69, 9.17) is 0 Å². The fourth-order valence-electron chi connectivity index (χ4n) is 1.33. The number of carbonyl (C=O) groups is 1. The summed E-state index contributed by atoms with van der Waals surface area (Å²) in [4.78, 5) is 19.1. The summed E-state index contributed by atoms with van der Waals surface area (Å²) in [5.41, 5.74) is 0.418. The molecule has 1 aromatic heterocycles. The average Bonchev–Trinajstić information content (AvgIpc) is 2.39. The van der Waals surface area contributed by atoms with E-state index in [0.717, 1.165) is 0 Å². The molecule has 2 N–H and O–H groups in total. The van der Waals surface area contributed by atoms with Gasteiger partial charge in [-0.1, -0.05) is 18.2 Å². The number of amides is 2. The third kappa shape index (κ3) is 3.24. The maximum absolute atomic E-state index is 13.3. The van der Waals surface area contributed by atoms with Crippen molar-refractivity contribution in [1.82, 2.24) is 15.3 Å². The van der Waals surface area contributed by atoms with Crippen molar-refractivity contribution in [2.45, 2.75) is 6.54 Å². The topological polar surface area (TPSA) is 66.9 Å². The summed E-state index contributed by atoms with van der Waals surface area (Å²) in [6.07, 6.45) is 3.03. The van der Waals surface area contributed by atoms with Crippen LogP contribution in [0.2, 0.25) is 0 Å². The highest BCUT2D eigenvalue weighted by molar-refractivity contribution is 5.87. The number of hydrogen-bond donors (Lipinski definition) is 2. The van der Waals surface area contributed by atoms with Gasteiger partial charge in [-0.25, -0.2) is 19.2 Å². The Morgan fingerprint density at radius 2 is 1.89 bits per heavy atom. The van der Waals surface area contributed by atoms with E-state index in [-0.39, 0.29) is 18.3 Å². The highest BCUT2D eigenvalue weighted by Crippen LogP contribution is 2.05. The molecule has 1 aromatic carbocycles. The van der Waals surface area contributed by atoms with Crippen molar-refractivity contribution >= 4 is 12.0 Å². The van der Waals surface area contributed by atoms with Gasteiger partial charge in [0.05, 0.1) is 0 Å². The molecule has 5 nitrogen and oxygen atoms in total. The van der Waals surface area contributed by atoms with Crippen molar-refractivity contribution < 1.29 is 9.18 Å². The van der Waals surface area contributed by atoms with Crippen molar-refractivity contribution in [2.24, 2.45) is 0 Å². The van der Waals surface area contributed by atoms with Crippen molar-refractivity contribution in [3.05, 3.63) is 54.1 Å². The molecule has 1 heterocycles. The van der Waals surface area contributed by atoms with Gasteiger partial charge < -0.3 is 5.32 Å². The van der Waals surface area contributed by atoms with Crippen LogP contribution >= 0.6 is 0 Å². The Bertz CT molecular complexity index is 533. The van der Waals surface area contributed by atoms with Gasteiger partial charge in [0, 0.05) is 24.5 Å². The Morgan fingerprint density at radius 3 is 2.61 bits per heavy atom. The number of halogens is 1. The van der Waals surface area contributed by atoms with Crippen LogP contribution in [0.4, 0.5) is 15.1 Å². The summed E-state index contributed by atoms with van der Waals surface area (Å²) >= 11 is 0. The van der Waals surface area contributed by atoms with Crippen molar-refractivity contribution in [3.8, 4) is 0 Å². The van der Waals surface area contributed by atoms with Crippen LogP contribution in [0, 0.1) is 5.82 Å². The molecule has 0 aliphatic heterocycles. The molecule has 0 atom stereocenters. The SMILES string of the molecule is O=C(NCc1ccccc1F)Nc1ncccn1. The fourth-order valence-corrected chi connectivity index (χ4v) is 1.33. The number of carbonyl (C=O) groups excluding carboxylic acids is 1. The van der Waals surface area contributed by atoms with Crippen LogP contribution < -0.4 is 10.6 Å². The third-order valence-electron chi connectivity index (χ3n) is 2.19. The van der Waals surface area contributed by atoms with E-state index in [1.807, 2.05) is 0 Å². The van der Waals surface area contributed by atoms with Crippen LogP contribution in [-0.2, 0) is 6.54 Å². The zero-order valence-corrected chi connectivity index (χ0v) is 9.43. The van der Waals surface area contributed by atoms with E-state index < -0.39 is 6.03 Å². The summed E-state index contributed by atoms with van der Waals surface area (Å²) in [6.45, 7) is 0.103. The number of nitrogens with one attached hydrogen (secondary N) is 2. The highest BCUT2D eigenvalue weighted by Gasteiger charge is 2.05. The number of urea groups is 1. The van der Waals surface area contributed by atoms with E-state index in [0.29, 0.717) is 5.56 Å². The summed E-state index contributed by atoms with van der Waals surface area (Å²) in [5.74, 6) is -0.155. The molecule has 2 amide bonds. The first-order valence-electron chi connectivity index (χ1n) is 5.31. The summed E-state index contributed by atoms with van der Waals surface area (Å²) in [7, 11) is 0. The minimum Gasteiger partial charge on any atom is -0.334 e. The van der Waals surface area contributed by atoms with E-state index in [2.05, 4.69) is 20.6 Å². The standard InChI is InChI=1S/C12H11FN4O/c13-10-5-2-1-4-9(10)8-16-12(18)17-11-14-6-3-7-15-11/h1-7H,8H2,(H2,14,15,16,17,18). The van der Waals surface area contributed by atoms with E-state index in [1.165, 1.54) is 18.5 Å². The van der Waals surface area contributed by atoms with Crippen LogP contribution in [-0.4, -0.2) is 16.0 Å². The Morgan fingerprint density at radius 1 is 1.17 bits per heavy atom. The lowest BCUT2D eigenvalue weighted by Crippen LogP contribution is -2.29.